The van der Waals surface area contributed by atoms with E-state index in [-0.39, 0.29) is 35.8 Å². The van der Waals surface area contributed by atoms with Crippen molar-refractivity contribution in [1.82, 2.24) is 10.2 Å². The van der Waals surface area contributed by atoms with Gasteiger partial charge >= 0.3 is 11.9 Å². The summed E-state index contributed by atoms with van der Waals surface area (Å²) in [6, 6.07) is 5.22. The summed E-state index contributed by atoms with van der Waals surface area (Å²) in [5.41, 5.74) is 0.561. The molecule has 3 rings (SSSR count). The summed E-state index contributed by atoms with van der Waals surface area (Å²) in [6.45, 7) is 4.12. The smallest absolute Gasteiger partial charge is 0.356 e. The molecular formula is C22H23N3O8S. The number of carbonyl (C=O) groups excluding carboxylic acids is 4. The average Bonchev–Trinajstić information content (AvgIpc) is 3.08. The van der Waals surface area contributed by atoms with Crippen LogP contribution in [0.4, 0.5) is 5.69 Å². The standard InChI is InChI=1S/C22H23N3O8S/c1-12(33-14(3)27)19-17-10-18(34-9-8-23-13(2)26)20(24(17)21(19)28)22(29)32-11-15-4-6-16(7-5-15)25(30)31/h4-9,12,17,19H,10-11H2,1-3H3,(H,23,26)/b9-8+/t12-,17+,19-/m0/s1. The van der Waals surface area contributed by atoms with Gasteiger partial charge in [0, 0.05) is 43.5 Å². The highest BCUT2D eigenvalue weighted by molar-refractivity contribution is 8.05. The molecule has 0 bridgehead atoms. The minimum Gasteiger partial charge on any atom is -0.462 e. The van der Waals surface area contributed by atoms with Crippen molar-refractivity contribution in [2.75, 3.05) is 0 Å². The van der Waals surface area contributed by atoms with Crippen molar-refractivity contribution in [3.8, 4) is 0 Å². The molecule has 0 saturated carbocycles. The molecule has 11 nitrogen and oxygen atoms in total. The Hall–Kier alpha value is -3.67. The van der Waals surface area contributed by atoms with Crippen LogP contribution >= 0.6 is 11.8 Å². The number of β-lactam (4-membered cyclic amide) rings is 1. The Kier molecular flexibility index (Phi) is 7.72. The zero-order valence-electron chi connectivity index (χ0n) is 18.7. The number of non-ortho nitro benzene ring substituents is 1. The van der Waals surface area contributed by atoms with E-state index in [0.717, 1.165) is 0 Å². The van der Waals surface area contributed by atoms with E-state index >= 15 is 0 Å². The van der Waals surface area contributed by atoms with Crippen LogP contribution in [0.5, 0.6) is 0 Å². The lowest BCUT2D eigenvalue weighted by atomic mass is 9.83. The van der Waals surface area contributed by atoms with Crippen molar-refractivity contribution in [1.29, 1.82) is 0 Å². The van der Waals surface area contributed by atoms with Crippen LogP contribution in [0.2, 0.25) is 0 Å². The number of fused-ring (bicyclic) bond motifs is 1. The highest BCUT2D eigenvalue weighted by Gasteiger charge is 2.58. The molecule has 180 valence electrons. The Morgan fingerprint density at radius 3 is 2.56 bits per heavy atom. The Morgan fingerprint density at radius 1 is 1.29 bits per heavy atom. The fourth-order valence-electron chi connectivity index (χ4n) is 3.85. The number of ether oxygens (including phenoxy) is 2. The van der Waals surface area contributed by atoms with E-state index < -0.39 is 28.9 Å². The lowest BCUT2D eigenvalue weighted by molar-refractivity contribution is -0.384. The van der Waals surface area contributed by atoms with Gasteiger partial charge in [-0.05, 0) is 30.0 Å². The van der Waals surface area contributed by atoms with Gasteiger partial charge in [0.05, 0.1) is 16.9 Å². The predicted octanol–water partition coefficient (Wildman–Crippen LogP) is 2.37. The van der Waals surface area contributed by atoms with Crippen LogP contribution < -0.4 is 5.32 Å². The second kappa shape index (κ2) is 10.5. The second-order valence-electron chi connectivity index (χ2n) is 7.71. The van der Waals surface area contributed by atoms with Crippen LogP contribution in [0.1, 0.15) is 32.8 Å². The summed E-state index contributed by atoms with van der Waals surface area (Å²) in [5, 5.41) is 14.9. The number of thioether (sulfide) groups is 1. The summed E-state index contributed by atoms with van der Waals surface area (Å²) in [6.07, 6.45) is 1.14. The first-order valence-corrected chi connectivity index (χ1v) is 11.2. The topological polar surface area (TPSA) is 145 Å². The average molecular weight is 490 g/mol. The third kappa shape index (κ3) is 5.45. The molecule has 3 atom stereocenters. The largest absolute Gasteiger partial charge is 0.462 e. The number of amides is 2. The maximum Gasteiger partial charge on any atom is 0.356 e. The molecule has 2 heterocycles. The first kappa shape index (κ1) is 25.0. The zero-order chi connectivity index (χ0) is 25.0. The zero-order valence-corrected chi connectivity index (χ0v) is 19.5. The molecule has 0 spiro atoms. The molecule has 2 amide bonds. The van der Waals surface area contributed by atoms with E-state index in [2.05, 4.69) is 5.32 Å². The van der Waals surface area contributed by atoms with E-state index in [9.17, 15) is 29.3 Å². The van der Waals surface area contributed by atoms with Gasteiger partial charge in [0.25, 0.3) is 5.69 Å². The summed E-state index contributed by atoms with van der Waals surface area (Å²) in [5.74, 6) is -2.40. The van der Waals surface area contributed by atoms with Crippen LogP contribution in [0, 0.1) is 16.0 Å². The van der Waals surface area contributed by atoms with Gasteiger partial charge in [-0.25, -0.2) is 4.79 Å². The van der Waals surface area contributed by atoms with E-state index in [1.54, 1.807) is 12.3 Å². The molecule has 2 aliphatic heterocycles. The normalized spacial score (nSPS) is 20.0. The number of benzene rings is 1. The number of nitrogens with one attached hydrogen (secondary N) is 1. The molecule has 1 saturated heterocycles. The molecule has 1 aromatic carbocycles. The lowest BCUT2D eigenvalue weighted by Crippen LogP contribution is -2.62. The SMILES string of the molecule is CC(=O)N/C=C/SC1=C(C(=O)OCc2ccc([N+](=O)[O-])cc2)N2C(=O)[C@@H]([C@H](C)OC(C)=O)[C@H]2C1. The Balaban J connectivity index is 1.75. The van der Waals surface area contributed by atoms with Crippen molar-refractivity contribution < 1.29 is 33.6 Å². The maximum absolute atomic E-state index is 13.0. The molecule has 2 aliphatic rings. The Labute approximate surface area is 199 Å². The second-order valence-corrected chi connectivity index (χ2v) is 8.71. The molecule has 0 aromatic heterocycles. The minimum atomic E-state index is -0.719. The monoisotopic (exact) mass is 489 g/mol. The summed E-state index contributed by atoms with van der Waals surface area (Å²) >= 11 is 1.17. The van der Waals surface area contributed by atoms with Gasteiger partial charge in [0.1, 0.15) is 18.4 Å². The van der Waals surface area contributed by atoms with Gasteiger partial charge in [-0.1, -0.05) is 11.8 Å². The van der Waals surface area contributed by atoms with Crippen LogP contribution in [0.25, 0.3) is 0 Å². The highest BCUT2D eigenvalue weighted by atomic mass is 32.2. The number of carbonyl (C=O) groups is 4. The molecule has 0 unspecified atom stereocenters. The predicted molar refractivity (Wildman–Crippen MR) is 120 cm³/mol. The quantitative estimate of drug-likeness (QED) is 0.239. The van der Waals surface area contributed by atoms with Crippen molar-refractivity contribution >= 4 is 41.2 Å². The first-order valence-electron chi connectivity index (χ1n) is 10.3. The number of rotatable bonds is 9. The first-order chi connectivity index (χ1) is 16.1. The van der Waals surface area contributed by atoms with Gasteiger partial charge in [0.2, 0.25) is 11.8 Å². The van der Waals surface area contributed by atoms with Crippen LogP contribution in [0.3, 0.4) is 0 Å². The van der Waals surface area contributed by atoms with Crippen LogP contribution in [0.15, 0.2) is 46.5 Å². The third-order valence-corrected chi connectivity index (χ3v) is 6.22. The number of nitrogens with zero attached hydrogens (tertiary/aromatic N) is 2. The lowest BCUT2D eigenvalue weighted by Gasteiger charge is -2.45. The van der Waals surface area contributed by atoms with Gasteiger partial charge in [-0.3, -0.25) is 24.5 Å². The van der Waals surface area contributed by atoms with Gasteiger partial charge in [0.15, 0.2) is 0 Å². The number of nitro groups is 1. The van der Waals surface area contributed by atoms with E-state index in [1.165, 1.54) is 61.0 Å². The molecule has 34 heavy (non-hydrogen) atoms. The van der Waals surface area contributed by atoms with Crippen molar-refractivity contribution in [3.05, 3.63) is 62.2 Å². The highest BCUT2D eigenvalue weighted by Crippen LogP contribution is 2.48. The Morgan fingerprint density at radius 2 is 1.97 bits per heavy atom. The van der Waals surface area contributed by atoms with Gasteiger partial charge < -0.3 is 19.7 Å². The van der Waals surface area contributed by atoms with E-state index in [1.807, 2.05) is 0 Å². The van der Waals surface area contributed by atoms with Crippen molar-refractivity contribution in [2.45, 2.75) is 45.9 Å². The molecule has 0 aliphatic carbocycles. The maximum atomic E-state index is 13.0. The fourth-order valence-corrected chi connectivity index (χ4v) is 4.71. The molecular weight excluding hydrogens is 466 g/mol. The van der Waals surface area contributed by atoms with Gasteiger partial charge in [-0.15, -0.1) is 0 Å². The molecule has 1 aromatic rings. The van der Waals surface area contributed by atoms with Crippen molar-refractivity contribution in [2.24, 2.45) is 5.92 Å². The number of esters is 2. The van der Waals surface area contributed by atoms with E-state index in [4.69, 9.17) is 9.47 Å². The molecule has 1 N–H and O–H groups in total. The summed E-state index contributed by atoms with van der Waals surface area (Å²) < 4.78 is 10.6. The van der Waals surface area contributed by atoms with Crippen molar-refractivity contribution in [3.63, 3.8) is 0 Å². The number of hydrogen-bond donors (Lipinski definition) is 1. The minimum absolute atomic E-state index is 0.0832. The number of nitro benzene ring substituents is 1. The molecule has 12 heteroatoms. The molecule has 1 fully saturated rings. The van der Waals surface area contributed by atoms with Crippen LogP contribution in [-0.2, 0) is 35.3 Å². The number of hydrogen-bond acceptors (Lipinski definition) is 9. The Bertz CT molecular complexity index is 1080. The van der Waals surface area contributed by atoms with Crippen LogP contribution in [-0.4, -0.2) is 45.7 Å². The summed E-state index contributed by atoms with van der Waals surface area (Å²) in [7, 11) is 0. The van der Waals surface area contributed by atoms with E-state index in [0.29, 0.717) is 16.9 Å². The fraction of sp³-hybridized carbons (Fsp3) is 0.364. The molecule has 0 radical (unpaired) electrons. The van der Waals surface area contributed by atoms with Gasteiger partial charge in [-0.2, -0.15) is 0 Å². The third-order valence-electron chi connectivity index (χ3n) is 5.30. The summed E-state index contributed by atoms with van der Waals surface area (Å²) in [4.78, 5) is 60.4.